The van der Waals surface area contributed by atoms with Gasteiger partial charge in [-0.05, 0) is 37.1 Å². The van der Waals surface area contributed by atoms with Gasteiger partial charge in [0, 0.05) is 19.6 Å². The van der Waals surface area contributed by atoms with Crippen LogP contribution in [-0.4, -0.2) is 30.7 Å². The van der Waals surface area contributed by atoms with Crippen LogP contribution in [-0.2, 0) is 11.3 Å². The van der Waals surface area contributed by atoms with Crippen molar-refractivity contribution in [2.75, 3.05) is 24.5 Å². The minimum atomic E-state index is -0.872. The van der Waals surface area contributed by atoms with E-state index in [1.165, 1.54) is 6.07 Å². The number of carbonyl (C=O) groups is 1. The van der Waals surface area contributed by atoms with E-state index in [0.29, 0.717) is 31.2 Å². The Morgan fingerprint density at radius 1 is 1.43 bits per heavy atom. The number of aliphatic carboxylic acids is 1. The maximum absolute atomic E-state index is 14.0. The van der Waals surface area contributed by atoms with Gasteiger partial charge in [-0.2, -0.15) is 0 Å². The number of rotatable bonds is 9. The maximum atomic E-state index is 14.0. The van der Waals surface area contributed by atoms with E-state index in [4.69, 9.17) is 5.11 Å². The molecule has 0 aromatic heterocycles. The fourth-order valence-corrected chi connectivity index (χ4v) is 2.10. The van der Waals surface area contributed by atoms with Gasteiger partial charge in [0.1, 0.15) is 5.82 Å². The molecule has 1 rings (SSSR count). The van der Waals surface area contributed by atoms with E-state index in [1.54, 1.807) is 17.0 Å². The number of anilines is 1. The number of benzene rings is 1. The summed E-state index contributed by atoms with van der Waals surface area (Å²) in [4.78, 5) is 12.4. The van der Waals surface area contributed by atoms with E-state index in [-0.39, 0.29) is 12.2 Å². The van der Waals surface area contributed by atoms with Crippen molar-refractivity contribution in [1.29, 1.82) is 0 Å². The van der Waals surface area contributed by atoms with Crippen molar-refractivity contribution < 1.29 is 14.3 Å². The van der Waals surface area contributed by atoms with Crippen LogP contribution in [0.25, 0.3) is 0 Å². The molecular weight excluding hydrogens is 271 g/mol. The predicted molar refractivity (Wildman–Crippen MR) is 83.1 cm³/mol. The smallest absolute Gasteiger partial charge is 0.305 e. The van der Waals surface area contributed by atoms with Crippen LogP contribution in [0.5, 0.6) is 0 Å². The molecule has 0 radical (unpaired) electrons. The van der Waals surface area contributed by atoms with Crippen LogP contribution in [0.1, 0.15) is 32.8 Å². The van der Waals surface area contributed by atoms with E-state index in [2.05, 4.69) is 19.2 Å². The Bertz CT molecular complexity index is 464. The summed E-state index contributed by atoms with van der Waals surface area (Å²) in [7, 11) is 0. The minimum absolute atomic E-state index is 0.00308. The lowest BCUT2D eigenvalue weighted by atomic mass is 10.1. The Hall–Kier alpha value is -1.62. The summed E-state index contributed by atoms with van der Waals surface area (Å²) in [5, 5.41) is 12.1. The van der Waals surface area contributed by atoms with Gasteiger partial charge in [0.25, 0.3) is 0 Å². The standard InChI is InChI=1S/C16H25FN2O2/c1-4-19(8-7-16(20)21)15-9-13(5-6-14(15)17)11-18-10-12(2)3/h5-6,9,12,18H,4,7-8,10-11H2,1-3H3,(H,20,21). The van der Waals surface area contributed by atoms with Gasteiger partial charge < -0.3 is 15.3 Å². The first-order valence-corrected chi connectivity index (χ1v) is 7.40. The molecule has 118 valence electrons. The average Bonchev–Trinajstić information content (AvgIpc) is 2.41. The summed E-state index contributed by atoms with van der Waals surface area (Å²) in [5.74, 6) is -0.619. The average molecular weight is 296 g/mol. The molecule has 21 heavy (non-hydrogen) atoms. The molecule has 1 aromatic carbocycles. The lowest BCUT2D eigenvalue weighted by Crippen LogP contribution is -2.27. The molecule has 4 nitrogen and oxygen atoms in total. The van der Waals surface area contributed by atoms with Gasteiger partial charge in [-0.3, -0.25) is 4.79 Å². The van der Waals surface area contributed by atoms with Crippen LogP contribution in [0.3, 0.4) is 0 Å². The van der Waals surface area contributed by atoms with Gasteiger partial charge in [0.05, 0.1) is 12.1 Å². The summed E-state index contributed by atoms with van der Waals surface area (Å²) in [6.07, 6.45) is 0.00308. The Balaban J connectivity index is 2.76. The van der Waals surface area contributed by atoms with Crippen LogP contribution in [0, 0.1) is 11.7 Å². The molecule has 0 aliphatic carbocycles. The third kappa shape index (κ3) is 6.12. The molecule has 0 heterocycles. The minimum Gasteiger partial charge on any atom is -0.481 e. The summed E-state index contributed by atoms with van der Waals surface area (Å²) >= 11 is 0. The van der Waals surface area contributed by atoms with E-state index >= 15 is 0 Å². The van der Waals surface area contributed by atoms with Crippen LogP contribution in [0.2, 0.25) is 0 Å². The Morgan fingerprint density at radius 3 is 2.71 bits per heavy atom. The van der Waals surface area contributed by atoms with Crippen molar-refractivity contribution in [3.8, 4) is 0 Å². The summed E-state index contributed by atoms with van der Waals surface area (Å²) in [6.45, 7) is 8.64. The summed E-state index contributed by atoms with van der Waals surface area (Å²) in [6, 6.07) is 5.01. The molecule has 0 unspecified atom stereocenters. The van der Waals surface area contributed by atoms with E-state index in [9.17, 15) is 9.18 Å². The van der Waals surface area contributed by atoms with Gasteiger partial charge in [-0.25, -0.2) is 4.39 Å². The first-order valence-electron chi connectivity index (χ1n) is 7.40. The highest BCUT2D eigenvalue weighted by molar-refractivity contribution is 5.67. The Labute approximate surface area is 126 Å². The highest BCUT2D eigenvalue weighted by atomic mass is 19.1. The van der Waals surface area contributed by atoms with Crippen molar-refractivity contribution >= 4 is 11.7 Å². The second-order valence-corrected chi connectivity index (χ2v) is 5.53. The van der Waals surface area contributed by atoms with Gasteiger partial charge in [0.2, 0.25) is 0 Å². The van der Waals surface area contributed by atoms with Gasteiger partial charge in [-0.15, -0.1) is 0 Å². The SMILES string of the molecule is CCN(CCC(=O)O)c1cc(CNCC(C)C)ccc1F. The maximum Gasteiger partial charge on any atom is 0.305 e. The van der Waals surface area contributed by atoms with Crippen molar-refractivity contribution in [3.05, 3.63) is 29.6 Å². The van der Waals surface area contributed by atoms with Crippen molar-refractivity contribution in [2.45, 2.75) is 33.7 Å². The molecular formula is C16H25FN2O2. The molecule has 0 aliphatic rings. The van der Waals surface area contributed by atoms with E-state index in [0.717, 1.165) is 12.1 Å². The molecule has 0 fully saturated rings. The van der Waals surface area contributed by atoms with Gasteiger partial charge in [-0.1, -0.05) is 19.9 Å². The summed E-state index contributed by atoms with van der Waals surface area (Å²) in [5.41, 5.74) is 1.48. The van der Waals surface area contributed by atoms with Crippen molar-refractivity contribution in [2.24, 2.45) is 5.92 Å². The first kappa shape index (κ1) is 17.4. The number of hydrogen-bond donors (Lipinski definition) is 2. The number of carboxylic acids is 1. The Kier molecular flexibility index (Phi) is 7.15. The second-order valence-electron chi connectivity index (χ2n) is 5.53. The fourth-order valence-electron chi connectivity index (χ4n) is 2.10. The summed E-state index contributed by atoms with van der Waals surface area (Å²) < 4.78 is 14.0. The second kappa shape index (κ2) is 8.62. The van der Waals surface area contributed by atoms with Gasteiger partial charge >= 0.3 is 5.97 Å². The number of halogens is 1. The van der Waals surface area contributed by atoms with Gasteiger partial charge in [0.15, 0.2) is 0 Å². The van der Waals surface area contributed by atoms with Crippen LogP contribution in [0.15, 0.2) is 18.2 Å². The zero-order valence-corrected chi connectivity index (χ0v) is 13.0. The predicted octanol–water partition coefficient (Wildman–Crippen LogP) is 2.87. The lowest BCUT2D eigenvalue weighted by molar-refractivity contribution is -0.136. The molecule has 0 bridgehead atoms. The molecule has 0 aliphatic heterocycles. The highest BCUT2D eigenvalue weighted by Crippen LogP contribution is 2.21. The number of hydrogen-bond acceptors (Lipinski definition) is 3. The molecule has 0 atom stereocenters. The zero-order chi connectivity index (χ0) is 15.8. The highest BCUT2D eigenvalue weighted by Gasteiger charge is 2.12. The third-order valence-corrected chi connectivity index (χ3v) is 3.21. The fraction of sp³-hybridized carbons (Fsp3) is 0.562. The van der Waals surface area contributed by atoms with Crippen LogP contribution >= 0.6 is 0 Å². The quantitative estimate of drug-likeness (QED) is 0.736. The Morgan fingerprint density at radius 2 is 2.14 bits per heavy atom. The zero-order valence-electron chi connectivity index (χ0n) is 13.0. The largest absolute Gasteiger partial charge is 0.481 e. The molecule has 1 aromatic rings. The van der Waals surface area contributed by atoms with Crippen LogP contribution in [0.4, 0.5) is 10.1 Å². The first-order chi connectivity index (χ1) is 9.93. The number of nitrogens with one attached hydrogen (secondary N) is 1. The van der Waals surface area contributed by atoms with Crippen LogP contribution < -0.4 is 10.2 Å². The molecule has 0 saturated carbocycles. The number of nitrogens with zero attached hydrogens (tertiary/aromatic N) is 1. The molecule has 2 N–H and O–H groups in total. The monoisotopic (exact) mass is 296 g/mol. The molecule has 0 amide bonds. The number of carboxylic acid groups (broad SMARTS) is 1. The molecule has 0 spiro atoms. The topological polar surface area (TPSA) is 52.6 Å². The molecule has 5 heteroatoms. The third-order valence-electron chi connectivity index (χ3n) is 3.21. The molecule has 0 saturated heterocycles. The van der Waals surface area contributed by atoms with E-state index < -0.39 is 5.97 Å². The van der Waals surface area contributed by atoms with Crippen molar-refractivity contribution in [3.63, 3.8) is 0 Å². The lowest BCUT2D eigenvalue weighted by Gasteiger charge is -2.23. The van der Waals surface area contributed by atoms with E-state index in [1.807, 2.05) is 6.92 Å². The normalized spacial score (nSPS) is 10.9. The van der Waals surface area contributed by atoms with Crippen molar-refractivity contribution in [1.82, 2.24) is 5.32 Å².